The number of nitrogens with zero attached hydrogens (tertiary/aromatic N) is 2. The summed E-state index contributed by atoms with van der Waals surface area (Å²) < 4.78 is 5.16. The van der Waals surface area contributed by atoms with Crippen LogP contribution in [0.3, 0.4) is 0 Å². The lowest BCUT2D eigenvalue weighted by atomic mass is 10.2. The first-order valence-electron chi connectivity index (χ1n) is 6.64. The maximum Gasteiger partial charge on any atom is 0.128 e. The molecule has 2 N–H and O–H groups in total. The molecule has 2 rings (SSSR count). The number of rotatable bonds is 5. The van der Waals surface area contributed by atoms with Gasteiger partial charge in [0.1, 0.15) is 11.6 Å². The van der Waals surface area contributed by atoms with E-state index in [-0.39, 0.29) is 0 Å². The van der Waals surface area contributed by atoms with Crippen LogP contribution >= 0.6 is 0 Å². The van der Waals surface area contributed by atoms with Gasteiger partial charge in [-0.25, -0.2) is 4.98 Å². The van der Waals surface area contributed by atoms with E-state index in [9.17, 15) is 0 Å². The molecule has 1 aromatic heterocycles. The van der Waals surface area contributed by atoms with Gasteiger partial charge < -0.3 is 15.4 Å². The van der Waals surface area contributed by atoms with Crippen molar-refractivity contribution in [3.63, 3.8) is 0 Å². The highest BCUT2D eigenvalue weighted by Gasteiger charge is 2.06. The van der Waals surface area contributed by atoms with Gasteiger partial charge in [-0.3, -0.25) is 0 Å². The Bertz CT molecular complexity index is 566. The Morgan fingerprint density at radius 2 is 1.85 bits per heavy atom. The maximum absolute atomic E-state index is 5.66. The third-order valence-corrected chi connectivity index (χ3v) is 3.37. The molecule has 20 heavy (non-hydrogen) atoms. The summed E-state index contributed by atoms with van der Waals surface area (Å²) in [7, 11) is 3.71. The van der Waals surface area contributed by atoms with Crippen molar-refractivity contribution in [3.8, 4) is 5.75 Å². The number of benzene rings is 1. The molecule has 1 aromatic carbocycles. The minimum atomic E-state index is 0.529. The van der Waals surface area contributed by atoms with E-state index in [1.54, 1.807) is 7.11 Å². The second-order valence-corrected chi connectivity index (χ2v) is 4.82. The molecule has 106 valence electrons. The van der Waals surface area contributed by atoms with E-state index in [1.165, 1.54) is 5.56 Å². The van der Waals surface area contributed by atoms with Crippen molar-refractivity contribution in [2.24, 2.45) is 5.73 Å². The third kappa shape index (κ3) is 3.27. The Labute approximate surface area is 120 Å². The van der Waals surface area contributed by atoms with Crippen LogP contribution in [0.15, 0.2) is 36.4 Å². The van der Waals surface area contributed by atoms with Crippen LogP contribution in [0, 0.1) is 6.92 Å². The molecule has 0 saturated carbocycles. The van der Waals surface area contributed by atoms with Gasteiger partial charge >= 0.3 is 0 Å². The summed E-state index contributed by atoms with van der Waals surface area (Å²) in [5, 5.41) is 0. The van der Waals surface area contributed by atoms with Crippen molar-refractivity contribution >= 4 is 5.82 Å². The summed E-state index contributed by atoms with van der Waals surface area (Å²) in [4.78, 5) is 6.72. The minimum absolute atomic E-state index is 0.529. The molecular formula is C16H21N3O. The average Bonchev–Trinajstić information content (AvgIpc) is 2.48. The van der Waals surface area contributed by atoms with Crippen molar-refractivity contribution in [2.45, 2.75) is 20.0 Å². The molecule has 0 spiro atoms. The molecule has 0 fully saturated rings. The van der Waals surface area contributed by atoms with E-state index in [0.29, 0.717) is 6.54 Å². The highest BCUT2D eigenvalue weighted by atomic mass is 16.5. The van der Waals surface area contributed by atoms with Crippen LogP contribution in [0.2, 0.25) is 0 Å². The maximum atomic E-state index is 5.66. The van der Waals surface area contributed by atoms with E-state index in [2.05, 4.69) is 22.0 Å². The Balaban J connectivity index is 2.10. The van der Waals surface area contributed by atoms with Gasteiger partial charge in [0.2, 0.25) is 0 Å². The highest BCUT2D eigenvalue weighted by molar-refractivity contribution is 5.42. The number of aryl methyl sites for hydroxylation is 1. The predicted molar refractivity (Wildman–Crippen MR) is 82.0 cm³/mol. The van der Waals surface area contributed by atoms with Gasteiger partial charge in [0.15, 0.2) is 0 Å². The molecule has 0 bridgehead atoms. The van der Waals surface area contributed by atoms with Crippen molar-refractivity contribution in [1.82, 2.24) is 4.98 Å². The third-order valence-electron chi connectivity index (χ3n) is 3.37. The number of ether oxygens (including phenoxy) is 1. The number of hydrogen-bond acceptors (Lipinski definition) is 4. The van der Waals surface area contributed by atoms with E-state index in [4.69, 9.17) is 10.5 Å². The monoisotopic (exact) mass is 271 g/mol. The van der Waals surface area contributed by atoms with Gasteiger partial charge in [0, 0.05) is 25.8 Å². The Hall–Kier alpha value is -2.07. The van der Waals surface area contributed by atoms with Crippen LogP contribution in [0.5, 0.6) is 5.75 Å². The fraction of sp³-hybridized carbons (Fsp3) is 0.312. The molecule has 0 saturated heterocycles. The molecule has 0 atom stereocenters. The topological polar surface area (TPSA) is 51.4 Å². The molecule has 0 aliphatic heterocycles. The molecule has 0 amide bonds. The molecule has 1 heterocycles. The quantitative estimate of drug-likeness (QED) is 0.907. The summed E-state index contributed by atoms with van der Waals surface area (Å²) in [5.74, 6) is 1.83. The second kappa shape index (κ2) is 6.39. The van der Waals surface area contributed by atoms with Crippen LogP contribution in [0.25, 0.3) is 0 Å². The molecule has 4 heteroatoms. The second-order valence-electron chi connectivity index (χ2n) is 4.82. The fourth-order valence-corrected chi connectivity index (χ4v) is 2.09. The first-order valence-corrected chi connectivity index (χ1v) is 6.64. The lowest BCUT2D eigenvalue weighted by molar-refractivity contribution is 0.414. The first kappa shape index (κ1) is 14.3. The van der Waals surface area contributed by atoms with Crippen LogP contribution in [-0.2, 0) is 13.1 Å². The van der Waals surface area contributed by atoms with E-state index in [1.807, 2.05) is 38.2 Å². The van der Waals surface area contributed by atoms with Crippen molar-refractivity contribution in [2.75, 3.05) is 19.1 Å². The molecule has 0 unspecified atom stereocenters. The van der Waals surface area contributed by atoms with E-state index in [0.717, 1.165) is 29.4 Å². The van der Waals surface area contributed by atoms with Gasteiger partial charge in [-0.1, -0.05) is 18.2 Å². The smallest absolute Gasteiger partial charge is 0.128 e. The lowest BCUT2D eigenvalue weighted by Crippen LogP contribution is -2.18. The lowest BCUT2D eigenvalue weighted by Gasteiger charge is -2.19. The van der Waals surface area contributed by atoms with Gasteiger partial charge in [0.25, 0.3) is 0 Å². The summed E-state index contributed by atoms with van der Waals surface area (Å²) in [6, 6.07) is 12.1. The molecule has 0 radical (unpaired) electrons. The molecular weight excluding hydrogens is 250 g/mol. The number of aromatic nitrogens is 1. The normalized spacial score (nSPS) is 10.4. The number of nitrogens with two attached hydrogens (primary N) is 1. The Morgan fingerprint density at radius 3 is 2.40 bits per heavy atom. The molecule has 0 aliphatic rings. The van der Waals surface area contributed by atoms with Crippen LogP contribution < -0.4 is 15.4 Å². The zero-order valence-corrected chi connectivity index (χ0v) is 12.3. The van der Waals surface area contributed by atoms with E-state index >= 15 is 0 Å². The number of pyridine rings is 1. The van der Waals surface area contributed by atoms with Gasteiger partial charge in [-0.15, -0.1) is 0 Å². The summed E-state index contributed by atoms with van der Waals surface area (Å²) in [5.41, 5.74) is 8.96. The van der Waals surface area contributed by atoms with E-state index < -0.39 is 0 Å². The number of methoxy groups -OCH3 is 1. The van der Waals surface area contributed by atoms with Gasteiger partial charge in [0.05, 0.1) is 7.11 Å². The van der Waals surface area contributed by atoms with Crippen LogP contribution in [-0.4, -0.2) is 19.1 Å². The minimum Gasteiger partial charge on any atom is -0.497 e. The standard InChI is InChI=1S/C16H21N3O/c1-12-14(10-17)6-9-16(18-12)19(2)11-13-4-7-15(20-3)8-5-13/h4-9H,10-11,17H2,1-3H3. The average molecular weight is 271 g/mol. The van der Waals surface area contributed by atoms with Crippen molar-refractivity contribution < 1.29 is 4.74 Å². The van der Waals surface area contributed by atoms with Crippen molar-refractivity contribution in [1.29, 1.82) is 0 Å². The first-order chi connectivity index (χ1) is 9.63. The summed E-state index contributed by atoms with van der Waals surface area (Å²) in [6.07, 6.45) is 0. The van der Waals surface area contributed by atoms with Gasteiger partial charge in [-0.2, -0.15) is 0 Å². The Morgan fingerprint density at radius 1 is 1.15 bits per heavy atom. The molecule has 4 nitrogen and oxygen atoms in total. The molecule has 2 aromatic rings. The molecule has 0 aliphatic carbocycles. The van der Waals surface area contributed by atoms with Crippen molar-refractivity contribution in [3.05, 3.63) is 53.2 Å². The number of hydrogen-bond donors (Lipinski definition) is 1. The van der Waals surface area contributed by atoms with Crippen LogP contribution in [0.4, 0.5) is 5.82 Å². The summed E-state index contributed by atoms with van der Waals surface area (Å²) >= 11 is 0. The largest absolute Gasteiger partial charge is 0.497 e. The highest BCUT2D eigenvalue weighted by Crippen LogP contribution is 2.17. The fourth-order valence-electron chi connectivity index (χ4n) is 2.09. The van der Waals surface area contributed by atoms with Gasteiger partial charge in [-0.05, 0) is 36.2 Å². The predicted octanol–water partition coefficient (Wildman–Crippen LogP) is 2.49. The number of anilines is 1. The van der Waals surface area contributed by atoms with Crippen LogP contribution in [0.1, 0.15) is 16.8 Å². The zero-order valence-electron chi connectivity index (χ0n) is 12.3. The Kier molecular flexibility index (Phi) is 4.58. The zero-order chi connectivity index (χ0) is 14.5. The summed E-state index contributed by atoms with van der Waals surface area (Å²) in [6.45, 7) is 3.33. The SMILES string of the molecule is COc1ccc(CN(C)c2ccc(CN)c(C)n2)cc1.